The lowest BCUT2D eigenvalue weighted by Crippen LogP contribution is -2.54. The molecule has 3 N–H and O–H groups in total. The van der Waals surface area contributed by atoms with Crippen LogP contribution in [0.1, 0.15) is 42.6 Å². The number of benzene rings is 4. The number of ether oxygens (including phenoxy) is 2. The number of hydrazine groups is 1. The second-order valence-corrected chi connectivity index (χ2v) is 11.3. The van der Waals surface area contributed by atoms with Crippen molar-refractivity contribution in [1.82, 2.24) is 10.9 Å². The predicted molar refractivity (Wildman–Crippen MR) is 173 cm³/mol. The first kappa shape index (κ1) is 30.5. The van der Waals surface area contributed by atoms with E-state index < -0.39 is 11.6 Å². The van der Waals surface area contributed by atoms with Gasteiger partial charge in [-0.2, -0.15) is 0 Å². The highest BCUT2D eigenvalue weighted by molar-refractivity contribution is 9.10. The van der Waals surface area contributed by atoms with E-state index in [1.807, 2.05) is 85.8 Å². The molecule has 1 aliphatic heterocycles. The zero-order valence-corrected chi connectivity index (χ0v) is 25.7. The third-order valence-corrected chi connectivity index (χ3v) is 8.12. The molecule has 7 nitrogen and oxygen atoms in total. The van der Waals surface area contributed by atoms with Gasteiger partial charge in [0.15, 0.2) is 11.6 Å². The molecular weight excluding hydrogens is 606 g/mol. The molecule has 0 saturated carbocycles. The maximum Gasteiger partial charge on any atom is 0.266 e. The highest BCUT2D eigenvalue weighted by Crippen LogP contribution is 2.43. The van der Waals surface area contributed by atoms with Crippen LogP contribution in [0.3, 0.4) is 0 Å². The van der Waals surface area contributed by atoms with Gasteiger partial charge >= 0.3 is 0 Å². The normalized spacial score (nSPS) is 17.7. The topological polar surface area (TPSA) is 92.2 Å². The van der Waals surface area contributed by atoms with Gasteiger partial charge in [0.05, 0.1) is 6.61 Å². The van der Waals surface area contributed by atoms with Gasteiger partial charge in [0.25, 0.3) is 5.91 Å². The molecule has 0 aliphatic carbocycles. The van der Waals surface area contributed by atoms with E-state index in [9.17, 15) is 4.79 Å². The van der Waals surface area contributed by atoms with Crippen molar-refractivity contribution in [2.45, 2.75) is 37.8 Å². The van der Waals surface area contributed by atoms with E-state index in [1.54, 1.807) is 0 Å². The third kappa shape index (κ3) is 7.16. The van der Waals surface area contributed by atoms with Crippen LogP contribution in [-0.2, 0) is 16.0 Å². The van der Waals surface area contributed by atoms with E-state index in [1.165, 1.54) is 0 Å². The Morgan fingerprint density at radius 2 is 1.60 bits per heavy atom. The van der Waals surface area contributed by atoms with Crippen molar-refractivity contribution < 1.29 is 19.4 Å². The Morgan fingerprint density at radius 1 is 0.930 bits per heavy atom. The Hall–Kier alpha value is -3.98. The molecule has 43 heavy (non-hydrogen) atoms. The van der Waals surface area contributed by atoms with E-state index in [0.29, 0.717) is 37.6 Å². The van der Waals surface area contributed by atoms with Crippen LogP contribution in [0.4, 0.5) is 0 Å². The standard InChI is InChI=1S/C35H36BrN3O4/c1-2-21-37-39-34(41)35(24-29-11-6-7-12-31(29)36)32(27-15-13-26(14-16-27)25-9-4-3-5-10-25)43-33(38-35)28-17-19-30(20-18-28)42-23-8-22-40/h3-7,9-20,32,37,40H,2,8,21-24H2,1H3,(H,39,41)/t32-,35-/m0/s1. The molecule has 1 amide bonds. The molecule has 0 saturated heterocycles. The Kier molecular flexibility index (Phi) is 10.3. The summed E-state index contributed by atoms with van der Waals surface area (Å²) in [5, 5.41) is 9.06. The molecule has 0 fully saturated rings. The quantitative estimate of drug-likeness (QED) is 0.116. The van der Waals surface area contributed by atoms with Gasteiger partial charge in [0.2, 0.25) is 5.90 Å². The maximum atomic E-state index is 14.2. The van der Waals surface area contributed by atoms with Crippen LogP contribution in [0, 0.1) is 0 Å². The lowest BCUT2D eigenvalue weighted by Gasteiger charge is -2.31. The number of amides is 1. The molecule has 0 unspecified atom stereocenters. The smallest absolute Gasteiger partial charge is 0.266 e. The summed E-state index contributed by atoms with van der Waals surface area (Å²) in [6, 6.07) is 33.7. The van der Waals surface area contributed by atoms with Crippen molar-refractivity contribution in [2.75, 3.05) is 19.8 Å². The van der Waals surface area contributed by atoms with E-state index in [0.717, 1.165) is 38.7 Å². The van der Waals surface area contributed by atoms with E-state index in [4.69, 9.17) is 19.6 Å². The minimum absolute atomic E-state index is 0.0746. The molecule has 4 aromatic rings. The van der Waals surface area contributed by atoms with Gasteiger partial charge in [-0.05, 0) is 59.0 Å². The highest BCUT2D eigenvalue weighted by atomic mass is 79.9. The van der Waals surface area contributed by atoms with Crippen LogP contribution >= 0.6 is 15.9 Å². The van der Waals surface area contributed by atoms with Crippen molar-refractivity contribution in [2.24, 2.45) is 4.99 Å². The molecule has 8 heteroatoms. The third-order valence-electron chi connectivity index (χ3n) is 7.35. The minimum atomic E-state index is -1.30. The number of halogens is 1. The van der Waals surface area contributed by atoms with Crippen molar-refractivity contribution in [3.8, 4) is 16.9 Å². The first-order valence-corrected chi connectivity index (χ1v) is 15.4. The number of aliphatic imine (C=N–C) groups is 1. The molecule has 5 rings (SSSR count). The van der Waals surface area contributed by atoms with Gasteiger partial charge in [-0.3, -0.25) is 10.2 Å². The van der Waals surface area contributed by atoms with Gasteiger partial charge in [-0.1, -0.05) is 95.7 Å². The van der Waals surface area contributed by atoms with Crippen LogP contribution < -0.4 is 15.6 Å². The summed E-state index contributed by atoms with van der Waals surface area (Å²) in [6.07, 6.45) is 1.04. The summed E-state index contributed by atoms with van der Waals surface area (Å²) in [4.78, 5) is 19.3. The zero-order chi connectivity index (χ0) is 30.1. The average Bonchev–Trinajstić information content (AvgIpc) is 3.43. The fourth-order valence-electron chi connectivity index (χ4n) is 5.07. The van der Waals surface area contributed by atoms with Crippen molar-refractivity contribution in [1.29, 1.82) is 0 Å². The summed E-state index contributed by atoms with van der Waals surface area (Å²) in [7, 11) is 0. The van der Waals surface area contributed by atoms with Crippen LogP contribution in [-0.4, -0.2) is 42.2 Å². The van der Waals surface area contributed by atoms with Crippen molar-refractivity contribution in [3.63, 3.8) is 0 Å². The SMILES string of the molecule is CCCNNC(=O)[C@@]1(Cc2ccccc2Br)N=C(c2ccc(OCCCO)cc2)O[C@H]1c1ccc(-c2ccccc2)cc1. The van der Waals surface area contributed by atoms with Crippen LogP contribution in [0.15, 0.2) is 113 Å². The molecule has 0 bridgehead atoms. The van der Waals surface area contributed by atoms with Gasteiger partial charge in [0.1, 0.15) is 5.75 Å². The number of carbonyl (C=O) groups is 1. The highest BCUT2D eigenvalue weighted by Gasteiger charge is 2.53. The Bertz CT molecular complexity index is 1530. The zero-order valence-electron chi connectivity index (χ0n) is 24.1. The molecule has 0 spiro atoms. The molecule has 1 aliphatic rings. The Labute approximate surface area is 261 Å². The van der Waals surface area contributed by atoms with Gasteiger partial charge in [0, 0.05) is 36.0 Å². The average molecular weight is 643 g/mol. The fraction of sp³-hybridized carbons (Fsp3) is 0.257. The molecule has 2 atom stereocenters. The second-order valence-electron chi connectivity index (χ2n) is 10.4. The predicted octanol–water partition coefficient (Wildman–Crippen LogP) is 6.41. The Balaban J connectivity index is 1.56. The van der Waals surface area contributed by atoms with E-state index >= 15 is 0 Å². The summed E-state index contributed by atoms with van der Waals surface area (Å²) < 4.78 is 13.3. The van der Waals surface area contributed by atoms with Crippen LogP contribution in [0.2, 0.25) is 0 Å². The number of carbonyl (C=O) groups excluding carboxylic acids is 1. The molecule has 4 aromatic carbocycles. The monoisotopic (exact) mass is 641 g/mol. The van der Waals surface area contributed by atoms with Crippen molar-refractivity contribution >= 4 is 27.7 Å². The second kappa shape index (κ2) is 14.5. The molecule has 1 heterocycles. The van der Waals surface area contributed by atoms with Crippen LogP contribution in [0.25, 0.3) is 11.1 Å². The maximum absolute atomic E-state index is 14.2. The molecule has 0 radical (unpaired) electrons. The summed E-state index contributed by atoms with van der Waals surface area (Å²) in [5.74, 6) is 0.800. The number of hydrogen-bond acceptors (Lipinski definition) is 6. The van der Waals surface area contributed by atoms with Crippen molar-refractivity contribution in [3.05, 3.63) is 124 Å². The summed E-state index contributed by atoms with van der Waals surface area (Å²) in [5.41, 5.74) is 9.39. The fourth-order valence-corrected chi connectivity index (χ4v) is 5.50. The number of rotatable bonds is 13. The molecular formula is C35H36BrN3O4. The first-order valence-electron chi connectivity index (χ1n) is 14.6. The van der Waals surface area contributed by atoms with E-state index in [-0.39, 0.29) is 12.5 Å². The van der Waals surface area contributed by atoms with Gasteiger partial charge in [-0.15, -0.1) is 0 Å². The molecule has 0 aromatic heterocycles. The number of nitrogens with zero attached hydrogens (tertiary/aromatic N) is 1. The van der Waals surface area contributed by atoms with Crippen LogP contribution in [0.5, 0.6) is 5.75 Å². The van der Waals surface area contributed by atoms with Gasteiger partial charge < -0.3 is 14.6 Å². The molecule has 222 valence electrons. The number of hydrogen-bond donors (Lipinski definition) is 3. The lowest BCUT2D eigenvalue weighted by atomic mass is 9.82. The number of aliphatic hydroxyl groups excluding tert-OH is 1. The minimum Gasteiger partial charge on any atom is -0.494 e. The van der Waals surface area contributed by atoms with Gasteiger partial charge in [-0.25, -0.2) is 10.4 Å². The van der Waals surface area contributed by atoms with E-state index in [2.05, 4.69) is 51.0 Å². The Morgan fingerprint density at radius 3 is 2.30 bits per heavy atom. The largest absolute Gasteiger partial charge is 0.494 e. The number of nitrogens with one attached hydrogen (secondary N) is 2. The summed E-state index contributed by atoms with van der Waals surface area (Å²) >= 11 is 3.68. The summed E-state index contributed by atoms with van der Waals surface area (Å²) in [6.45, 7) is 3.17. The first-order chi connectivity index (χ1) is 21.0. The number of aliphatic hydroxyl groups is 1. The lowest BCUT2D eigenvalue weighted by molar-refractivity contribution is -0.130.